The smallest absolute Gasteiger partial charge is 0.269 e. The van der Waals surface area contributed by atoms with Gasteiger partial charge in [0, 0.05) is 62.3 Å². The Morgan fingerprint density at radius 3 is 2.78 bits per heavy atom. The maximum atomic E-state index is 13.7. The summed E-state index contributed by atoms with van der Waals surface area (Å²) in [4.78, 5) is 9.13. The summed E-state index contributed by atoms with van der Waals surface area (Å²) in [6.07, 6.45) is 7.57. The lowest BCUT2D eigenvalue weighted by atomic mass is 10.00. The number of rotatable bonds is 5. The molecule has 0 bridgehead atoms. The zero-order valence-corrected chi connectivity index (χ0v) is 19.3. The lowest BCUT2D eigenvalue weighted by Gasteiger charge is -2.21. The molecular formula is C24H28N4O3S. The summed E-state index contributed by atoms with van der Waals surface area (Å²) in [6.45, 7) is 3.42. The molecule has 168 valence electrons. The lowest BCUT2D eigenvalue weighted by molar-refractivity contribution is 0.121. The van der Waals surface area contributed by atoms with E-state index in [0.717, 1.165) is 55.7 Å². The Morgan fingerprint density at radius 1 is 1.16 bits per heavy atom. The first-order chi connectivity index (χ1) is 15.5. The van der Waals surface area contributed by atoms with Crippen LogP contribution in [-0.2, 0) is 14.8 Å². The average Bonchev–Trinajstić information content (AvgIpc) is 3.45. The molecule has 2 aromatic heterocycles. The zero-order valence-electron chi connectivity index (χ0n) is 18.4. The predicted molar refractivity (Wildman–Crippen MR) is 126 cm³/mol. The molecule has 0 aliphatic carbocycles. The summed E-state index contributed by atoms with van der Waals surface area (Å²) in [7, 11) is 0.000186. The fourth-order valence-electron chi connectivity index (χ4n) is 4.59. The summed E-state index contributed by atoms with van der Waals surface area (Å²) in [5.41, 5.74) is 3.48. The van der Waals surface area contributed by atoms with Crippen molar-refractivity contribution in [2.75, 3.05) is 45.2 Å². The van der Waals surface area contributed by atoms with Gasteiger partial charge in [-0.25, -0.2) is 17.4 Å². The van der Waals surface area contributed by atoms with E-state index in [4.69, 9.17) is 4.74 Å². The number of anilines is 1. The topological polar surface area (TPSA) is 67.7 Å². The van der Waals surface area contributed by atoms with Crippen molar-refractivity contribution >= 4 is 32.3 Å². The highest BCUT2D eigenvalue weighted by Gasteiger charge is 2.26. The van der Waals surface area contributed by atoms with E-state index >= 15 is 0 Å². The third kappa shape index (κ3) is 3.72. The quantitative estimate of drug-likeness (QED) is 0.592. The second kappa shape index (κ2) is 8.35. The van der Waals surface area contributed by atoms with Gasteiger partial charge in [-0.3, -0.25) is 0 Å². The van der Waals surface area contributed by atoms with Gasteiger partial charge in [0.05, 0.1) is 11.0 Å². The molecule has 2 aliphatic heterocycles. The average molecular weight is 453 g/mol. The Bertz CT molecular complexity index is 1280. The monoisotopic (exact) mass is 452 g/mol. The molecule has 1 unspecified atom stereocenters. The molecule has 0 radical (unpaired) electrons. The van der Waals surface area contributed by atoms with Crippen molar-refractivity contribution in [3.8, 4) is 0 Å². The molecule has 0 spiro atoms. The molecule has 8 heteroatoms. The van der Waals surface area contributed by atoms with Crippen LogP contribution in [0.1, 0.15) is 18.4 Å². The van der Waals surface area contributed by atoms with Crippen LogP contribution in [0.3, 0.4) is 0 Å². The van der Waals surface area contributed by atoms with Gasteiger partial charge < -0.3 is 14.5 Å². The Balaban J connectivity index is 1.56. The largest absolute Gasteiger partial charge is 0.380 e. The van der Waals surface area contributed by atoms with Crippen molar-refractivity contribution in [2.24, 2.45) is 0 Å². The fraction of sp³-hybridized carbons (Fsp3) is 0.375. The van der Waals surface area contributed by atoms with Crippen LogP contribution in [-0.4, -0.2) is 68.7 Å². The minimum atomic E-state index is -3.81. The number of benzene rings is 1. The van der Waals surface area contributed by atoms with Crippen LogP contribution in [0.25, 0.3) is 16.6 Å². The van der Waals surface area contributed by atoms with E-state index in [0.29, 0.717) is 5.65 Å². The minimum absolute atomic E-state index is 0.179. The van der Waals surface area contributed by atoms with E-state index in [1.807, 2.05) is 24.3 Å². The number of fused-ring (bicyclic) bond motifs is 1. The highest BCUT2D eigenvalue weighted by Crippen LogP contribution is 2.33. The minimum Gasteiger partial charge on any atom is -0.380 e. The Labute approximate surface area is 189 Å². The molecule has 1 aromatic carbocycles. The third-order valence-corrected chi connectivity index (χ3v) is 8.15. The highest BCUT2D eigenvalue weighted by molar-refractivity contribution is 7.90. The summed E-state index contributed by atoms with van der Waals surface area (Å²) in [6, 6.07) is 11.0. The van der Waals surface area contributed by atoms with E-state index in [2.05, 4.69) is 27.9 Å². The molecule has 1 atom stereocenters. The van der Waals surface area contributed by atoms with Crippen LogP contribution in [0.5, 0.6) is 0 Å². The van der Waals surface area contributed by atoms with Gasteiger partial charge in [-0.1, -0.05) is 12.1 Å². The number of ether oxygens (including phenoxy) is 1. The molecule has 0 N–H and O–H groups in total. The maximum absolute atomic E-state index is 13.7. The van der Waals surface area contributed by atoms with Crippen molar-refractivity contribution < 1.29 is 13.2 Å². The van der Waals surface area contributed by atoms with Crippen LogP contribution >= 0.6 is 0 Å². The van der Waals surface area contributed by atoms with E-state index in [-0.39, 0.29) is 11.0 Å². The Kier molecular flexibility index (Phi) is 5.53. The third-order valence-electron chi connectivity index (χ3n) is 6.51. The van der Waals surface area contributed by atoms with Gasteiger partial charge in [-0.15, -0.1) is 0 Å². The first-order valence-corrected chi connectivity index (χ1v) is 12.4. The van der Waals surface area contributed by atoms with Gasteiger partial charge in [0.2, 0.25) is 0 Å². The van der Waals surface area contributed by atoms with Crippen molar-refractivity contribution in [1.29, 1.82) is 0 Å². The maximum Gasteiger partial charge on any atom is 0.269 e. The summed E-state index contributed by atoms with van der Waals surface area (Å²) in [5, 5.41) is 0.866. The summed E-state index contributed by atoms with van der Waals surface area (Å²) >= 11 is 0. The van der Waals surface area contributed by atoms with Crippen LogP contribution in [0.4, 0.5) is 5.69 Å². The van der Waals surface area contributed by atoms with Crippen molar-refractivity contribution in [3.63, 3.8) is 0 Å². The molecule has 4 heterocycles. The Hall–Kier alpha value is -2.68. The van der Waals surface area contributed by atoms with Gasteiger partial charge in [-0.2, -0.15) is 0 Å². The Morgan fingerprint density at radius 2 is 2.03 bits per heavy atom. The molecule has 0 amide bonds. The number of nitrogens with zero attached hydrogens (tertiary/aromatic N) is 4. The van der Waals surface area contributed by atoms with Gasteiger partial charge in [-0.05, 0) is 55.8 Å². The number of hydrogen-bond donors (Lipinski definition) is 0. The molecule has 1 fully saturated rings. The molecule has 2 aliphatic rings. The molecular weight excluding hydrogens is 424 g/mol. The van der Waals surface area contributed by atoms with Crippen molar-refractivity contribution in [3.05, 3.63) is 60.4 Å². The van der Waals surface area contributed by atoms with E-state index in [1.54, 1.807) is 31.6 Å². The van der Waals surface area contributed by atoms with E-state index in [1.165, 1.54) is 9.55 Å². The summed E-state index contributed by atoms with van der Waals surface area (Å²) < 4.78 is 34.3. The SMILES string of the molecule is COC1CCN(c2cccc(S(=O)(=O)n3cc(C4=CCN(C)CC4)c4cccnc43)c2)C1. The normalized spacial score (nSPS) is 20.1. The number of likely N-dealkylation sites (N-methyl/N-ethyl adjacent to an activating group) is 1. The number of aromatic nitrogens is 2. The second-order valence-electron chi connectivity index (χ2n) is 8.55. The second-order valence-corrected chi connectivity index (χ2v) is 10.4. The molecule has 1 saturated heterocycles. The number of hydrogen-bond acceptors (Lipinski definition) is 6. The van der Waals surface area contributed by atoms with Crippen LogP contribution in [0, 0.1) is 0 Å². The number of methoxy groups -OCH3 is 1. The molecule has 3 aromatic rings. The molecule has 7 nitrogen and oxygen atoms in total. The van der Waals surface area contributed by atoms with Crippen LogP contribution in [0.2, 0.25) is 0 Å². The summed E-state index contributed by atoms with van der Waals surface area (Å²) in [5.74, 6) is 0. The highest BCUT2D eigenvalue weighted by atomic mass is 32.2. The predicted octanol–water partition coefficient (Wildman–Crippen LogP) is 3.22. The van der Waals surface area contributed by atoms with Gasteiger partial charge in [0.15, 0.2) is 5.65 Å². The van der Waals surface area contributed by atoms with Crippen molar-refractivity contribution in [1.82, 2.24) is 13.9 Å². The van der Waals surface area contributed by atoms with Gasteiger partial charge >= 0.3 is 0 Å². The standard InChI is InChI=1S/C24H28N4O3S/c1-26-12-8-18(9-13-26)23-17-28(24-22(23)7-4-11-25-24)32(29,30)21-6-3-5-19(15-21)27-14-10-20(16-27)31-2/h3-8,11,15,17,20H,9-10,12-14,16H2,1-2H3. The molecule has 5 rings (SSSR count). The van der Waals surface area contributed by atoms with Crippen LogP contribution in [0.15, 0.2) is 59.8 Å². The fourth-order valence-corrected chi connectivity index (χ4v) is 5.96. The first-order valence-electron chi connectivity index (χ1n) is 10.9. The lowest BCUT2D eigenvalue weighted by Crippen LogP contribution is -2.23. The molecule has 0 saturated carbocycles. The zero-order chi connectivity index (χ0) is 22.3. The van der Waals surface area contributed by atoms with E-state index < -0.39 is 10.0 Å². The van der Waals surface area contributed by atoms with Gasteiger partial charge in [0.1, 0.15) is 0 Å². The number of pyridine rings is 1. The van der Waals surface area contributed by atoms with Crippen LogP contribution < -0.4 is 4.90 Å². The van der Waals surface area contributed by atoms with Crippen molar-refractivity contribution in [2.45, 2.75) is 23.8 Å². The van der Waals surface area contributed by atoms with E-state index in [9.17, 15) is 8.42 Å². The first kappa shape index (κ1) is 21.2. The molecule has 32 heavy (non-hydrogen) atoms. The van der Waals surface area contributed by atoms with Gasteiger partial charge in [0.25, 0.3) is 10.0 Å².